The summed E-state index contributed by atoms with van der Waals surface area (Å²) in [4.78, 5) is 0. The molecule has 12 nitrogen and oxygen atoms in total. The Morgan fingerprint density at radius 2 is 1.43 bits per heavy atom. The predicted octanol–water partition coefficient (Wildman–Crippen LogP) is 2.80. The first-order valence-corrected chi connectivity index (χ1v) is 20.8. The maximum Gasteiger partial charge on any atom is 0.187 e. The van der Waals surface area contributed by atoms with Gasteiger partial charge in [-0.3, -0.25) is 0 Å². The minimum atomic E-state index is -1.69. The summed E-state index contributed by atoms with van der Waals surface area (Å²) >= 11 is 0. The second-order valence-corrected chi connectivity index (χ2v) is 21.1. The van der Waals surface area contributed by atoms with E-state index < -0.39 is 73.6 Å². The van der Waals surface area contributed by atoms with Crippen LogP contribution in [0.1, 0.15) is 107 Å². The van der Waals surface area contributed by atoms with Gasteiger partial charge in [-0.05, 0) is 91.8 Å². The molecule has 3 heterocycles. The summed E-state index contributed by atoms with van der Waals surface area (Å²) in [5.74, 6) is 0.835. The van der Waals surface area contributed by atoms with E-state index in [9.17, 15) is 35.7 Å². The molecule has 0 amide bonds. The SMILES string of the molecule is C[C@H]1O[C@@H](O[C@H]2CC[C@]3(C)[C@H]4C=CC56OCC7(CCC(C)(C)C[C@H]75)[C@@H](O)C[C@@]6(C)[C@]4(C)CC[C@H]3C2(C)C)[C@H](O)[C@@H](O[C@@H]2O[C@H](CO)[C@@H](O)[C@H](O)[C@H]2O)[C@H]1O. The van der Waals surface area contributed by atoms with Crippen molar-refractivity contribution in [2.24, 2.45) is 50.2 Å². The Balaban J connectivity index is 1.03. The maximum absolute atomic E-state index is 12.1. The Kier molecular flexibility index (Phi) is 9.55. The van der Waals surface area contributed by atoms with E-state index in [-0.39, 0.29) is 56.5 Å². The first-order valence-electron chi connectivity index (χ1n) is 20.8. The van der Waals surface area contributed by atoms with E-state index >= 15 is 0 Å². The van der Waals surface area contributed by atoms with E-state index in [1.54, 1.807) is 6.92 Å². The normalized spacial score (nSPS) is 58.8. The molecule has 54 heavy (non-hydrogen) atoms. The number of rotatable bonds is 5. The molecular weight excluding hydrogens is 696 g/mol. The third-order valence-corrected chi connectivity index (χ3v) is 17.8. The van der Waals surface area contributed by atoms with Crippen LogP contribution < -0.4 is 0 Å². The fraction of sp³-hybridized carbons (Fsp3) is 0.952. The summed E-state index contributed by atoms with van der Waals surface area (Å²) in [6.07, 6.45) is -1.83. The number of hydrogen-bond acceptors (Lipinski definition) is 12. The lowest BCUT2D eigenvalue weighted by molar-refractivity contribution is -0.366. The van der Waals surface area contributed by atoms with E-state index in [0.29, 0.717) is 12.5 Å². The Hall–Kier alpha value is -0.740. The Labute approximate surface area is 320 Å². The second-order valence-electron chi connectivity index (χ2n) is 21.1. The van der Waals surface area contributed by atoms with Crippen LogP contribution in [0.2, 0.25) is 0 Å². The topological polar surface area (TPSA) is 188 Å². The summed E-state index contributed by atoms with van der Waals surface area (Å²) in [6.45, 7) is 18.3. The lowest BCUT2D eigenvalue weighted by atomic mass is 9.32. The fourth-order valence-corrected chi connectivity index (χ4v) is 14.3. The van der Waals surface area contributed by atoms with Gasteiger partial charge in [0.2, 0.25) is 0 Å². The van der Waals surface area contributed by atoms with Gasteiger partial charge in [0.15, 0.2) is 12.6 Å². The largest absolute Gasteiger partial charge is 0.394 e. The van der Waals surface area contributed by atoms with Crippen LogP contribution in [0.3, 0.4) is 0 Å². The number of fused-ring (bicyclic) bond motifs is 4. The minimum Gasteiger partial charge on any atom is -0.394 e. The van der Waals surface area contributed by atoms with Gasteiger partial charge in [-0.1, -0.05) is 60.6 Å². The highest BCUT2D eigenvalue weighted by Gasteiger charge is 2.79. The molecule has 4 saturated carbocycles. The van der Waals surface area contributed by atoms with Gasteiger partial charge >= 0.3 is 0 Å². The molecule has 308 valence electrons. The highest BCUT2D eigenvalue weighted by Crippen LogP contribution is 2.79. The van der Waals surface area contributed by atoms with Gasteiger partial charge in [0, 0.05) is 16.7 Å². The van der Waals surface area contributed by atoms with E-state index in [0.717, 1.165) is 51.4 Å². The molecule has 7 fully saturated rings. The van der Waals surface area contributed by atoms with Crippen molar-refractivity contribution in [3.63, 3.8) is 0 Å². The van der Waals surface area contributed by atoms with Crippen molar-refractivity contribution in [2.75, 3.05) is 13.2 Å². The van der Waals surface area contributed by atoms with E-state index in [1.807, 2.05) is 0 Å². The molecule has 0 aromatic heterocycles. The van der Waals surface area contributed by atoms with Gasteiger partial charge in [-0.15, -0.1) is 0 Å². The summed E-state index contributed by atoms with van der Waals surface area (Å²) in [6, 6.07) is 0. The van der Waals surface area contributed by atoms with Crippen LogP contribution in [-0.2, 0) is 23.7 Å². The van der Waals surface area contributed by atoms with Crippen LogP contribution in [0, 0.1) is 50.2 Å². The van der Waals surface area contributed by atoms with Crippen molar-refractivity contribution >= 4 is 0 Å². The van der Waals surface area contributed by atoms with Crippen molar-refractivity contribution in [1.82, 2.24) is 0 Å². The molecule has 12 heteroatoms. The molecule has 8 aliphatic rings. The zero-order valence-electron chi connectivity index (χ0n) is 33.6. The molecule has 2 bridgehead atoms. The molecular formula is C42H68O12. The summed E-state index contributed by atoms with van der Waals surface area (Å²) in [7, 11) is 0. The molecule has 7 N–H and O–H groups in total. The smallest absolute Gasteiger partial charge is 0.187 e. The zero-order valence-corrected chi connectivity index (χ0v) is 33.6. The van der Waals surface area contributed by atoms with Crippen molar-refractivity contribution in [3.05, 3.63) is 12.2 Å². The van der Waals surface area contributed by atoms with Crippen molar-refractivity contribution in [1.29, 1.82) is 0 Å². The number of aliphatic hydroxyl groups excluding tert-OH is 7. The van der Waals surface area contributed by atoms with Crippen LogP contribution >= 0.6 is 0 Å². The van der Waals surface area contributed by atoms with Gasteiger partial charge in [0.25, 0.3) is 0 Å². The van der Waals surface area contributed by atoms with Crippen LogP contribution in [0.4, 0.5) is 0 Å². The molecule has 5 aliphatic carbocycles. The molecule has 0 aromatic carbocycles. The Morgan fingerprint density at radius 3 is 2.13 bits per heavy atom. The average molecular weight is 765 g/mol. The van der Waals surface area contributed by atoms with Gasteiger partial charge in [0.1, 0.15) is 42.7 Å². The fourth-order valence-electron chi connectivity index (χ4n) is 14.3. The molecule has 0 aromatic rings. The van der Waals surface area contributed by atoms with Gasteiger partial charge < -0.3 is 59.4 Å². The summed E-state index contributed by atoms with van der Waals surface area (Å²) in [5.41, 5.74) is -1.08. The van der Waals surface area contributed by atoms with Crippen molar-refractivity contribution in [2.45, 2.75) is 186 Å². The second kappa shape index (κ2) is 12.9. The molecule has 1 spiro atoms. The van der Waals surface area contributed by atoms with E-state index in [4.69, 9.17) is 23.7 Å². The molecule has 8 rings (SSSR count). The summed E-state index contributed by atoms with van der Waals surface area (Å²) in [5, 5.41) is 75.6. The lowest BCUT2D eigenvalue weighted by Crippen LogP contribution is -2.72. The lowest BCUT2D eigenvalue weighted by Gasteiger charge is -2.73. The highest BCUT2D eigenvalue weighted by atomic mass is 16.7. The van der Waals surface area contributed by atoms with Gasteiger partial charge in [-0.25, -0.2) is 0 Å². The van der Waals surface area contributed by atoms with E-state index in [2.05, 4.69) is 60.6 Å². The third kappa shape index (κ3) is 5.24. The van der Waals surface area contributed by atoms with E-state index in [1.165, 1.54) is 0 Å². The van der Waals surface area contributed by atoms with Crippen molar-refractivity contribution < 1.29 is 59.4 Å². The monoisotopic (exact) mass is 764 g/mol. The molecule has 0 radical (unpaired) electrons. The average Bonchev–Trinajstić information content (AvgIpc) is 3.38. The molecule has 2 unspecified atom stereocenters. The van der Waals surface area contributed by atoms with Crippen LogP contribution in [0.5, 0.6) is 0 Å². The molecule has 3 saturated heterocycles. The highest BCUT2D eigenvalue weighted by molar-refractivity contribution is 5.36. The predicted molar refractivity (Wildman–Crippen MR) is 195 cm³/mol. The standard InChI is InChI=1S/C42H68O12/c1-21-28(45)33(54-34-31(48)30(47)29(46)22(19-43)52-34)32(49)35(51-21)53-27-11-12-38(6)23(37(27,4)5)9-13-39(7)24(38)10-14-42-25-17-36(2,3)15-16-41(25,20-50-42)26(44)18-40(39,42)8/h10,14,21-35,43-49H,9,11-13,15-20H2,1-8H3/t21-,22-,23+,24-,25-,26+,27+,28+,29-,30+,31-,32-,33+,34+,35+,38+,39-,40+,41?,42?/m1/s1. The first-order chi connectivity index (χ1) is 25.1. The number of hydrogen-bond donors (Lipinski definition) is 7. The number of allylic oxidation sites excluding steroid dienone is 1. The molecule has 20 atom stereocenters. The molecule has 3 aliphatic heterocycles. The summed E-state index contributed by atoms with van der Waals surface area (Å²) < 4.78 is 31.4. The Morgan fingerprint density at radius 1 is 0.722 bits per heavy atom. The third-order valence-electron chi connectivity index (χ3n) is 17.8. The first kappa shape index (κ1) is 40.1. The number of ether oxygens (including phenoxy) is 5. The van der Waals surface area contributed by atoms with Gasteiger partial charge in [0.05, 0.1) is 37.1 Å². The van der Waals surface area contributed by atoms with Crippen LogP contribution in [0.15, 0.2) is 12.2 Å². The zero-order chi connectivity index (χ0) is 39.2. The van der Waals surface area contributed by atoms with Gasteiger partial charge in [-0.2, -0.15) is 0 Å². The quantitative estimate of drug-likeness (QED) is 0.161. The minimum absolute atomic E-state index is 0.0638. The Bertz CT molecular complexity index is 1470. The maximum atomic E-state index is 12.1. The van der Waals surface area contributed by atoms with Crippen LogP contribution in [0.25, 0.3) is 0 Å². The van der Waals surface area contributed by atoms with Crippen LogP contribution in [-0.4, -0.2) is 128 Å². The number of aliphatic hydroxyl groups is 7. The van der Waals surface area contributed by atoms with Crippen molar-refractivity contribution in [3.8, 4) is 0 Å².